The third kappa shape index (κ3) is 3.35. The Morgan fingerprint density at radius 2 is 1.70 bits per heavy atom. The molecule has 106 valence electrons. The molecule has 0 heterocycles. The first-order valence-corrected chi connectivity index (χ1v) is 7.34. The highest BCUT2D eigenvalue weighted by atomic mass is 35.5. The highest BCUT2D eigenvalue weighted by molar-refractivity contribution is 6.33. The van der Waals surface area contributed by atoms with Crippen molar-refractivity contribution in [3.63, 3.8) is 0 Å². The van der Waals surface area contributed by atoms with E-state index in [0.29, 0.717) is 16.5 Å². The van der Waals surface area contributed by atoms with Gasteiger partial charge in [-0.3, -0.25) is 0 Å². The quantitative estimate of drug-likeness (QED) is 0.854. The number of hydrogen-bond donors (Lipinski definition) is 1. The molecule has 2 aromatic carbocycles. The van der Waals surface area contributed by atoms with Crippen molar-refractivity contribution in [2.24, 2.45) is 0 Å². The summed E-state index contributed by atoms with van der Waals surface area (Å²) in [7, 11) is 0. The molecule has 20 heavy (non-hydrogen) atoms. The minimum absolute atomic E-state index is 0.354. The van der Waals surface area contributed by atoms with Gasteiger partial charge >= 0.3 is 0 Å². The number of aliphatic hydroxyl groups is 1. The van der Waals surface area contributed by atoms with E-state index in [1.54, 1.807) is 12.1 Å². The largest absolute Gasteiger partial charge is 0.392 e. The van der Waals surface area contributed by atoms with Gasteiger partial charge in [0.2, 0.25) is 0 Å². The monoisotopic (exact) mass is 308 g/mol. The first-order valence-electron chi connectivity index (χ1n) is 6.59. The van der Waals surface area contributed by atoms with Crippen LogP contribution in [-0.4, -0.2) is 11.2 Å². The maximum Gasteiger partial charge on any atom is 0.0672 e. The molecule has 1 atom stereocenters. The summed E-state index contributed by atoms with van der Waals surface area (Å²) in [5.41, 5.74) is 1.62. The summed E-state index contributed by atoms with van der Waals surface area (Å²) < 4.78 is 0. The summed E-state index contributed by atoms with van der Waals surface area (Å²) in [6.45, 7) is 4.07. The minimum atomic E-state index is -0.541. The molecule has 0 radical (unpaired) electrons. The van der Waals surface area contributed by atoms with Gasteiger partial charge in [-0.05, 0) is 29.3 Å². The lowest BCUT2D eigenvalue weighted by Crippen LogP contribution is -2.35. The molecule has 1 unspecified atom stereocenters. The number of halogens is 2. The van der Waals surface area contributed by atoms with Crippen LogP contribution in [0.25, 0.3) is 0 Å². The van der Waals surface area contributed by atoms with Crippen molar-refractivity contribution in [3.8, 4) is 0 Å². The van der Waals surface area contributed by atoms with Gasteiger partial charge in [0.15, 0.2) is 0 Å². The number of rotatable bonds is 4. The molecule has 3 heteroatoms. The highest BCUT2D eigenvalue weighted by Crippen LogP contribution is 2.31. The number of hydrogen-bond acceptors (Lipinski definition) is 1. The second-order valence-corrected chi connectivity index (χ2v) is 6.39. The maximum absolute atomic E-state index is 10.6. The summed E-state index contributed by atoms with van der Waals surface area (Å²) >= 11 is 12.2. The van der Waals surface area contributed by atoms with Gasteiger partial charge in [-0.25, -0.2) is 0 Å². The molecule has 0 spiro atoms. The molecular formula is C17H18Cl2O. The molecule has 0 aliphatic carbocycles. The van der Waals surface area contributed by atoms with Crippen molar-refractivity contribution in [2.75, 3.05) is 0 Å². The van der Waals surface area contributed by atoms with Gasteiger partial charge in [-0.15, -0.1) is 0 Å². The normalized spacial score (nSPS) is 13.2. The lowest BCUT2D eigenvalue weighted by Gasteiger charge is -2.31. The van der Waals surface area contributed by atoms with Gasteiger partial charge in [-0.2, -0.15) is 0 Å². The predicted molar refractivity (Wildman–Crippen MR) is 85.6 cm³/mol. The van der Waals surface area contributed by atoms with E-state index in [0.717, 1.165) is 11.1 Å². The van der Waals surface area contributed by atoms with Gasteiger partial charge in [0, 0.05) is 21.9 Å². The van der Waals surface area contributed by atoms with E-state index in [1.807, 2.05) is 50.2 Å². The number of aliphatic hydroxyl groups excluding tert-OH is 1. The standard InChI is InChI=1S/C17H18Cl2O/c1-17(2,13-6-4-3-5-7-13)16(20)11-12-10-14(18)8-9-15(12)19/h3-10,16,20H,11H2,1-2H3. The van der Waals surface area contributed by atoms with Crippen LogP contribution in [0.1, 0.15) is 25.0 Å². The fraction of sp³-hybridized carbons (Fsp3) is 0.294. The molecule has 0 fully saturated rings. The van der Waals surface area contributed by atoms with Crippen LogP contribution in [0, 0.1) is 0 Å². The van der Waals surface area contributed by atoms with Crippen molar-refractivity contribution in [2.45, 2.75) is 31.8 Å². The molecule has 0 amide bonds. The van der Waals surface area contributed by atoms with Crippen molar-refractivity contribution >= 4 is 23.2 Å². The molecule has 0 aromatic heterocycles. The van der Waals surface area contributed by atoms with Crippen molar-refractivity contribution in [3.05, 3.63) is 69.7 Å². The van der Waals surface area contributed by atoms with Crippen LogP contribution >= 0.6 is 23.2 Å². The SMILES string of the molecule is CC(C)(c1ccccc1)C(O)Cc1cc(Cl)ccc1Cl. The average Bonchev–Trinajstić information content (AvgIpc) is 2.43. The zero-order valence-corrected chi connectivity index (χ0v) is 13.1. The summed E-state index contributed by atoms with van der Waals surface area (Å²) in [6, 6.07) is 15.3. The fourth-order valence-corrected chi connectivity index (χ4v) is 2.61. The third-order valence-corrected chi connectivity index (χ3v) is 4.38. The van der Waals surface area contributed by atoms with Crippen LogP contribution in [-0.2, 0) is 11.8 Å². The van der Waals surface area contributed by atoms with Crippen LogP contribution in [0.4, 0.5) is 0 Å². The zero-order chi connectivity index (χ0) is 14.8. The van der Waals surface area contributed by atoms with Crippen LogP contribution in [0.2, 0.25) is 10.0 Å². The smallest absolute Gasteiger partial charge is 0.0672 e. The van der Waals surface area contributed by atoms with Crippen molar-refractivity contribution < 1.29 is 5.11 Å². The Morgan fingerprint density at radius 1 is 1.05 bits per heavy atom. The highest BCUT2D eigenvalue weighted by Gasteiger charge is 2.30. The van der Waals surface area contributed by atoms with Gasteiger partial charge in [0.1, 0.15) is 0 Å². The van der Waals surface area contributed by atoms with Crippen LogP contribution in [0.5, 0.6) is 0 Å². The van der Waals surface area contributed by atoms with Crippen molar-refractivity contribution in [1.82, 2.24) is 0 Å². The fourth-order valence-electron chi connectivity index (χ4n) is 2.22. The van der Waals surface area contributed by atoms with E-state index in [9.17, 15) is 5.11 Å². The van der Waals surface area contributed by atoms with E-state index >= 15 is 0 Å². The Bertz CT molecular complexity index is 579. The van der Waals surface area contributed by atoms with E-state index < -0.39 is 6.10 Å². The molecular weight excluding hydrogens is 291 g/mol. The Morgan fingerprint density at radius 3 is 2.35 bits per heavy atom. The van der Waals surface area contributed by atoms with E-state index in [2.05, 4.69) is 0 Å². The molecule has 0 aliphatic rings. The minimum Gasteiger partial charge on any atom is -0.392 e. The molecule has 1 nitrogen and oxygen atoms in total. The lowest BCUT2D eigenvalue weighted by molar-refractivity contribution is 0.100. The molecule has 2 aromatic rings. The number of benzene rings is 2. The second kappa shape index (κ2) is 6.17. The van der Waals surface area contributed by atoms with Gasteiger partial charge in [-0.1, -0.05) is 67.4 Å². The molecule has 0 saturated carbocycles. The molecule has 0 saturated heterocycles. The van der Waals surface area contributed by atoms with Crippen LogP contribution < -0.4 is 0 Å². The molecule has 0 bridgehead atoms. The average molecular weight is 309 g/mol. The summed E-state index contributed by atoms with van der Waals surface area (Å²) in [5.74, 6) is 0. The van der Waals surface area contributed by atoms with Gasteiger partial charge in [0.25, 0.3) is 0 Å². The first-order chi connectivity index (χ1) is 9.41. The van der Waals surface area contributed by atoms with E-state index in [1.165, 1.54) is 0 Å². The lowest BCUT2D eigenvalue weighted by atomic mass is 9.77. The van der Waals surface area contributed by atoms with Crippen LogP contribution in [0.3, 0.4) is 0 Å². The molecule has 1 N–H and O–H groups in total. The summed E-state index contributed by atoms with van der Waals surface area (Å²) in [6.07, 6.45) is -0.0674. The molecule has 0 aliphatic heterocycles. The third-order valence-electron chi connectivity index (χ3n) is 3.77. The Kier molecular flexibility index (Phi) is 4.74. The Balaban J connectivity index is 2.23. The first kappa shape index (κ1) is 15.4. The zero-order valence-electron chi connectivity index (χ0n) is 11.6. The van der Waals surface area contributed by atoms with Gasteiger partial charge < -0.3 is 5.11 Å². The van der Waals surface area contributed by atoms with Crippen molar-refractivity contribution in [1.29, 1.82) is 0 Å². The Hall–Kier alpha value is -1.02. The Labute approximate surface area is 130 Å². The van der Waals surface area contributed by atoms with E-state index in [4.69, 9.17) is 23.2 Å². The predicted octanol–water partition coefficient (Wildman–Crippen LogP) is 4.87. The van der Waals surface area contributed by atoms with Crippen LogP contribution in [0.15, 0.2) is 48.5 Å². The summed E-state index contributed by atoms with van der Waals surface area (Å²) in [5, 5.41) is 11.9. The van der Waals surface area contributed by atoms with Gasteiger partial charge in [0.05, 0.1) is 6.10 Å². The second-order valence-electron chi connectivity index (χ2n) is 5.54. The topological polar surface area (TPSA) is 20.2 Å². The molecule has 2 rings (SSSR count). The van der Waals surface area contributed by atoms with E-state index in [-0.39, 0.29) is 5.41 Å². The summed E-state index contributed by atoms with van der Waals surface area (Å²) in [4.78, 5) is 0. The maximum atomic E-state index is 10.6.